The molecule has 2 N–H and O–H groups in total. The van der Waals surface area contributed by atoms with E-state index in [1.54, 1.807) is 17.0 Å². The third-order valence-corrected chi connectivity index (χ3v) is 2.06. The predicted molar refractivity (Wildman–Crippen MR) is 65.5 cm³/mol. The number of nitrogens with two attached hydrogens (primary N) is 1. The lowest BCUT2D eigenvalue weighted by atomic mass is 10.2. The lowest BCUT2D eigenvalue weighted by molar-refractivity contribution is 0.123. The molecule has 1 amide bonds. The number of benzene rings is 1. The van der Waals surface area contributed by atoms with Crippen molar-refractivity contribution in [1.82, 2.24) is 0 Å². The van der Waals surface area contributed by atoms with E-state index in [-0.39, 0.29) is 12.2 Å². The molecule has 0 aliphatic rings. The van der Waals surface area contributed by atoms with E-state index in [2.05, 4.69) is 0 Å². The van der Waals surface area contributed by atoms with Gasteiger partial charge in [0.15, 0.2) is 0 Å². The number of amides is 1. The SMILES string of the molecule is CCN(C(=O)OC(C)C)c1cccc(N)c1. The molecule has 0 unspecified atom stereocenters. The summed E-state index contributed by atoms with van der Waals surface area (Å²) in [6.45, 7) is 6.09. The quantitative estimate of drug-likeness (QED) is 0.800. The first-order valence-electron chi connectivity index (χ1n) is 5.38. The molecule has 0 bridgehead atoms. The summed E-state index contributed by atoms with van der Waals surface area (Å²) in [7, 11) is 0. The highest BCUT2D eigenvalue weighted by molar-refractivity contribution is 5.88. The number of nitrogen functional groups attached to an aromatic ring is 1. The molecular weight excluding hydrogens is 204 g/mol. The second-order valence-corrected chi connectivity index (χ2v) is 3.77. The summed E-state index contributed by atoms with van der Waals surface area (Å²) in [5.74, 6) is 0. The summed E-state index contributed by atoms with van der Waals surface area (Å²) in [5.41, 5.74) is 7.06. The molecule has 16 heavy (non-hydrogen) atoms. The predicted octanol–water partition coefficient (Wildman–Crippen LogP) is 2.64. The molecule has 0 aliphatic heterocycles. The molecular formula is C12H18N2O2. The Morgan fingerprint density at radius 2 is 2.19 bits per heavy atom. The van der Waals surface area contributed by atoms with Gasteiger partial charge in [0.1, 0.15) is 0 Å². The first-order valence-corrected chi connectivity index (χ1v) is 5.38. The Kier molecular flexibility index (Phi) is 4.17. The van der Waals surface area contributed by atoms with Crippen molar-refractivity contribution in [3.63, 3.8) is 0 Å². The summed E-state index contributed by atoms with van der Waals surface area (Å²) in [6.07, 6.45) is -0.467. The van der Waals surface area contributed by atoms with Gasteiger partial charge < -0.3 is 10.5 Å². The van der Waals surface area contributed by atoms with E-state index in [4.69, 9.17) is 10.5 Å². The van der Waals surface area contributed by atoms with Crippen LogP contribution >= 0.6 is 0 Å². The van der Waals surface area contributed by atoms with Crippen LogP contribution in [0.1, 0.15) is 20.8 Å². The zero-order valence-electron chi connectivity index (χ0n) is 9.93. The second kappa shape index (κ2) is 5.39. The minimum Gasteiger partial charge on any atom is -0.446 e. The van der Waals surface area contributed by atoms with Gasteiger partial charge in [0.25, 0.3) is 0 Å². The highest BCUT2D eigenvalue weighted by atomic mass is 16.6. The van der Waals surface area contributed by atoms with Crippen LogP contribution in [0.2, 0.25) is 0 Å². The Balaban J connectivity index is 2.85. The van der Waals surface area contributed by atoms with E-state index < -0.39 is 0 Å². The third kappa shape index (κ3) is 3.15. The van der Waals surface area contributed by atoms with Crippen molar-refractivity contribution in [2.45, 2.75) is 26.9 Å². The maximum Gasteiger partial charge on any atom is 0.414 e. The highest BCUT2D eigenvalue weighted by Gasteiger charge is 2.16. The molecule has 88 valence electrons. The molecule has 1 aromatic carbocycles. The van der Waals surface area contributed by atoms with Crippen molar-refractivity contribution in [2.75, 3.05) is 17.2 Å². The van der Waals surface area contributed by atoms with Crippen LogP contribution in [0, 0.1) is 0 Å². The Morgan fingerprint density at radius 1 is 1.50 bits per heavy atom. The molecule has 0 fully saturated rings. The smallest absolute Gasteiger partial charge is 0.414 e. The molecule has 4 heteroatoms. The van der Waals surface area contributed by atoms with E-state index in [0.717, 1.165) is 5.69 Å². The van der Waals surface area contributed by atoms with Gasteiger partial charge in [-0.25, -0.2) is 4.79 Å². The molecule has 4 nitrogen and oxygen atoms in total. The first-order chi connectivity index (χ1) is 7.54. The van der Waals surface area contributed by atoms with Gasteiger partial charge >= 0.3 is 6.09 Å². The Labute approximate surface area is 96.0 Å². The summed E-state index contributed by atoms with van der Waals surface area (Å²) in [6, 6.07) is 7.19. The minimum absolute atomic E-state index is 0.123. The topological polar surface area (TPSA) is 55.6 Å². The number of carbonyl (C=O) groups is 1. The van der Waals surface area contributed by atoms with Gasteiger partial charge in [-0.3, -0.25) is 4.90 Å². The minimum atomic E-state index is -0.344. The maximum atomic E-state index is 11.8. The van der Waals surface area contributed by atoms with Crippen LogP contribution < -0.4 is 10.6 Å². The molecule has 1 rings (SSSR count). The molecule has 0 saturated carbocycles. The van der Waals surface area contributed by atoms with Crippen LogP contribution in [-0.2, 0) is 4.74 Å². The first kappa shape index (κ1) is 12.4. The molecule has 1 aromatic rings. The van der Waals surface area contributed by atoms with Crippen molar-refractivity contribution < 1.29 is 9.53 Å². The molecule has 0 saturated heterocycles. The zero-order chi connectivity index (χ0) is 12.1. The second-order valence-electron chi connectivity index (χ2n) is 3.77. The van der Waals surface area contributed by atoms with Crippen LogP contribution in [0.15, 0.2) is 24.3 Å². The fourth-order valence-electron chi connectivity index (χ4n) is 1.38. The lowest BCUT2D eigenvalue weighted by Gasteiger charge is -2.22. The molecule has 0 aromatic heterocycles. The van der Waals surface area contributed by atoms with Crippen molar-refractivity contribution in [3.8, 4) is 0 Å². The average molecular weight is 222 g/mol. The Bertz CT molecular complexity index is 364. The van der Waals surface area contributed by atoms with Crippen LogP contribution in [0.4, 0.5) is 16.2 Å². The summed E-state index contributed by atoms with van der Waals surface area (Å²) < 4.78 is 5.14. The summed E-state index contributed by atoms with van der Waals surface area (Å²) in [5, 5.41) is 0. The number of ether oxygens (including phenoxy) is 1. The summed E-state index contributed by atoms with van der Waals surface area (Å²) >= 11 is 0. The van der Waals surface area contributed by atoms with Crippen molar-refractivity contribution in [3.05, 3.63) is 24.3 Å². The van der Waals surface area contributed by atoms with E-state index >= 15 is 0 Å². The van der Waals surface area contributed by atoms with E-state index in [1.165, 1.54) is 0 Å². The van der Waals surface area contributed by atoms with Gasteiger partial charge in [0, 0.05) is 17.9 Å². The Hall–Kier alpha value is -1.71. The highest BCUT2D eigenvalue weighted by Crippen LogP contribution is 2.18. The third-order valence-electron chi connectivity index (χ3n) is 2.06. The number of nitrogens with zero attached hydrogens (tertiary/aromatic N) is 1. The van der Waals surface area contributed by atoms with Crippen molar-refractivity contribution >= 4 is 17.5 Å². The number of carbonyl (C=O) groups excluding carboxylic acids is 1. The fourth-order valence-corrected chi connectivity index (χ4v) is 1.38. The molecule has 0 radical (unpaired) electrons. The standard InChI is InChI=1S/C12H18N2O2/c1-4-14(12(15)16-9(2)3)11-7-5-6-10(13)8-11/h5-9H,4,13H2,1-3H3. The van der Waals surface area contributed by atoms with Crippen molar-refractivity contribution in [2.24, 2.45) is 0 Å². The fraction of sp³-hybridized carbons (Fsp3) is 0.417. The van der Waals surface area contributed by atoms with Gasteiger partial charge in [-0.2, -0.15) is 0 Å². The number of rotatable bonds is 3. The normalized spacial score (nSPS) is 10.2. The number of hydrogen-bond acceptors (Lipinski definition) is 3. The number of hydrogen-bond donors (Lipinski definition) is 1. The average Bonchev–Trinajstić information content (AvgIpc) is 2.17. The van der Waals surface area contributed by atoms with Crippen molar-refractivity contribution in [1.29, 1.82) is 0 Å². The zero-order valence-corrected chi connectivity index (χ0v) is 9.93. The maximum absolute atomic E-state index is 11.8. The van der Waals surface area contributed by atoms with Gasteiger partial charge in [0.2, 0.25) is 0 Å². The molecule has 0 aliphatic carbocycles. The Morgan fingerprint density at radius 3 is 2.69 bits per heavy atom. The lowest BCUT2D eigenvalue weighted by Crippen LogP contribution is -2.32. The molecule has 0 spiro atoms. The van der Waals surface area contributed by atoms with Crippen LogP contribution in [-0.4, -0.2) is 18.7 Å². The largest absolute Gasteiger partial charge is 0.446 e. The van der Waals surface area contributed by atoms with Crippen LogP contribution in [0.25, 0.3) is 0 Å². The van der Waals surface area contributed by atoms with Crippen LogP contribution in [0.3, 0.4) is 0 Å². The van der Waals surface area contributed by atoms with E-state index in [9.17, 15) is 4.79 Å². The summed E-state index contributed by atoms with van der Waals surface area (Å²) in [4.78, 5) is 13.3. The monoisotopic (exact) mass is 222 g/mol. The van der Waals surface area contributed by atoms with E-state index in [1.807, 2.05) is 32.9 Å². The van der Waals surface area contributed by atoms with Gasteiger partial charge in [-0.1, -0.05) is 6.07 Å². The van der Waals surface area contributed by atoms with Crippen LogP contribution in [0.5, 0.6) is 0 Å². The molecule has 0 atom stereocenters. The van der Waals surface area contributed by atoms with E-state index in [0.29, 0.717) is 12.2 Å². The van der Waals surface area contributed by atoms with Gasteiger partial charge in [0.05, 0.1) is 6.10 Å². The van der Waals surface area contributed by atoms with Gasteiger partial charge in [-0.05, 0) is 39.0 Å². The van der Waals surface area contributed by atoms with Gasteiger partial charge in [-0.15, -0.1) is 0 Å². The molecule has 0 heterocycles. The number of anilines is 2.